The Morgan fingerprint density at radius 3 is 2.50 bits per heavy atom. The summed E-state index contributed by atoms with van der Waals surface area (Å²) in [5, 5.41) is 2.96. The van der Waals surface area contributed by atoms with Gasteiger partial charge in [-0.3, -0.25) is 0 Å². The Morgan fingerprint density at radius 2 is 1.81 bits per heavy atom. The zero-order valence-electron chi connectivity index (χ0n) is 14.0. The van der Waals surface area contributed by atoms with E-state index in [2.05, 4.69) is 12.1 Å². The molecule has 6 heteroatoms. The van der Waals surface area contributed by atoms with Crippen molar-refractivity contribution in [2.75, 3.05) is 6.54 Å². The van der Waals surface area contributed by atoms with Crippen molar-refractivity contribution in [3.63, 3.8) is 0 Å². The molecule has 0 atom stereocenters. The summed E-state index contributed by atoms with van der Waals surface area (Å²) in [5.41, 5.74) is 8.46. The van der Waals surface area contributed by atoms with Crippen LogP contribution in [0.25, 0.3) is 21.3 Å². The summed E-state index contributed by atoms with van der Waals surface area (Å²) in [7, 11) is -3.65. The molecule has 0 unspecified atom stereocenters. The van der Waals surface area contributed by atoms with Crippen molar-refractivity contribution in [2.45, 2.75) is 11.3 Å². The minimum Gasteiger partial charge on any atom is -0.330 e. The average Bonchev–Trinajstić information content (AvgIpc) is 3.31. The van der Waals surface area contributed by atoms with Crippen LogP contribution < -0.4 is 5.73 Å². The number of thiophene rings is 1. The molecule has 4 nitrogen and oxygen atoms in total. The normalized spacial score (nSPS) is 11.9. The molecular weight excluding hydrogens is 364 g/mol. The van der Waals surface area contributed by atoms with Gasteiger partial charge in [0.1, 0.15) is 0 Å². The number of nitrogens with two attached hydrogens (primary N) is 1. The molecular formula is C20H18N2O2S2. The highest BCUT2D eigenvalue weighted by atomic mass is 32.2. The molecule has 2 aromatic carbocycles. The smallest absolute Gasteiger partial charge is 0.268 e. The quantitative estimate of drug-likeness (QED) is 0.565. The average molecular weight is 383 g/mol. The molecule has 0 saturated carbocycles. The van der Waals surface area contributed by atoms with E-state index in [4.69, 9.17) is 5.73 Å². The van der Waals surface area contributed by atoms with Crippen LogP contribution in [0, 0.1) is 0 Å². The lowest BCUT2D eigenvalue weighted by molar-refractivity contribution is 0.589. The van der Waals surface area contributed by atoms with E-state index in [9.17, 15) is 8.42 Å². The van der Waals surface area contributed by atoms with Gasteiger partial charge in [-0.1, -0.05) is 30.3 Å². The maximum atomic E-state index is 13.1. The molecule has 0 spiro atoms. The van der Waals surface area contributed by atoms with Crippen molar-refractivity contribution in [2.24, 2.45) is 5.73 Å². The van der Waals surface area contributed by atoms with Gasteiger partial charge in [0.15, 0.2) is 0 Å². The second-order valence-electron chi connectivity index (χ2n) is 6.02. The molecule has 2 aromatic heterocycles. The van der Waals surface area contributed by atoms with Crippen LogP contribution in [0.5, 0.6) is 0 Å². The number of hydrogen-bond acceptors (Lipinski definition) is 4. The van der Waals surface area contributed by atoms with Crippen LogP contribution in [0.15, 0.2) is 77.1 Å². The zero-order chi connectivity index (χ0) is 18.1. The zero-order valence-corrected chi connectivity index (χ0v) is 15.6. The van der Waals surface area contributed by atoms with Crippen LogP contribution >= 0.6 is 11.3 Å². The van der Waals surface area contributed by atoms with E-state index in [0.717, 1.165) is 21.4 Å². The van der Waals surface area contributed by atoms with Gasteiger partial charge in [0.05, 0.1) is 10.4 Å². The summed E-state index contributed by atoms with van der Waals surface area (Å²) in [6.07, 6.45) is 2.33. The Bertz CT molecular complexity index is 1150. The minimum absolute atomic E-state index is 0.276. The van der Waals surface area contributed by atoms with Crippen molar-refractivity contribution in [1.82, 2.24) is 3.97 Å². The highest BCUT2D eigenvalue weighted by Crippen LogP contribution is 2.32. The van der Waals surface area contributed by atoms with Gasteiger partial charge in [-0.05, 0) is 59.8 Å². The summed E-state index contributed by atoms with van der Waals surface area (Å²) < 4.78 is 27.6. The van der Waals surface area contributed by atoms with Gasteiger partial charge >= 0.3 is 0 Å². The Morgan fingerprint density at radius 1 is 1.00 bits per heavy atom. The molecule has 0 amide bonds. The molecule has 0 aliphatic carbocycles. The SMILES string of the molecule is NCCc1cn(S(=O)(=O)c2ccccc2)c2ccc(-c3cccs3)cc12. The van der Waals surface area contributed by atoms with Gasteiger partial charge in [0.2, 0.25) is 0 Å². The molecule has 0 bridgehead atoms. The van der Waals surface area contributed by atoms with E-state index in [0.29, 0.717) is 18.5 Å². The van der Waals surface area contributed by atoms with E-state index in [-0.39, 0.29) is 4.90 Å². The highest BCUT2D eigenvalue weighted by molar-refractivity contribution is 7.90. The molecule has 26 heavy (non-hydrogen) atoms. The van der Waals surface area contributed by atoms with Crippen LogP contribution in [-0.2, 0) is 16.4 Å². The lowest BCUT2D eigenvalue weighted by Gasteiger charge is -2.07. The van der Waals surface area contributed by atoms with Crippen LogP contribution in [0.4, 0.5) is 0 Å². The van der Waals surface area contributed by atoms with Crippen molar-refractivity contribution in [1.29, 1.82) is 0 Å². The Kier molecular flexibility index (Phi) is 4.40. The molecule has 0 radical (unpaired) electrons. The minimum atomic E-state index is -3.65. The molecule has 0 saturated heterocycles. The van der Waals surface area contributed by atoms with Gasteiger partial charge in [0, 0.05) is 16.5 Å². The second-order valence-corrected chi connectivity index (χ2v) is 8.78. The molecule has 2 heterocycles. The fraction of sp³-hybridized carbons (Fsp3) is 0.100. The standard InChI is InChI=1S/C20H18N2O2S2/c21-11-10-16-14-22(26(23,24)17-5-2-1-3-6-17)19-9-8-15(13-18(16)19)20-7-4-12-25-20/h1-9,12-14H,10-11,21H2. The van der Waals surface area contributed by atoms with Crippen LogP contribution in [-0.4, -0.2) is 18.9 Å². The largest absolute Gasteiger partial charge is 0.330 e. The first-order chi connectivity index (χ1) is 12.6. The topological polar surface area (TPSA) is 65.1 Å². The summed E-state index contributed by atoms with van der Waals surface area (Å²) in [4.78, 5) is 1.43. The number of rotatable bonds is 5. The van der Waals surface area contributed by atoms with E-state index >= 15 is 0 Å². The fourth-order valence-corrected chi connectivity index (χ4v) is 5.26. The van der Waals surface area contributed by atoms with Gasteiger partial charge in [-0.25, -0.2) is 12.4 Å². The summed E-state index contributed by atoms with van der Waals surface area (Å²) in [6.45, 7) is 0.466. The van der Waals surface area contributed by atoms with Crippen LogP contribution in [0.2, 0.25) is 0 Å². The van der Waals surface area contributed by atoms with Gasteiger partial charge in [0.25, 0.3) is 10.0 Å². The lowest BCUT2D eigenvalue weighted by Crippen LogP contribution is -2.11. The summed E-state index contributed by atoms with van der Waals surface area (Å²) in [5.74, 6) is 0. The Labute approximate surface area is 156 Å². The molecule has 0 aliphatic rings. The third-order valence-corrected chi connectivity index (χ3v) is 6.98. The van der Waals surface area contributed by atoms with E-state index < -0.39 is 10.0 Å². The number of fused-ring (bicyclic) bond motifs is 1. The van der Waals surface area contributed by atoms with Gasteiger partial charge in [-0.15, -0.1) is 11.3 Å². The van der Waals surface area contributed by atoms with Crippen LogP contribution in [0.3, 0.4) is 0 Å². The predicted octanol–water partition coefficient (Wildman–Crippen LogP) is 4.11. The number of hydrogen-bond donors (Lipinski definition) is 1. The van der Waals surface area contributed by atoms with Gasteiger partial charge < -0.3 is 5.73 Å². The summed E-state index contributed by atoms with van der Waals surface area (Å²) in [6, 6.07) is 18.5. The summed E-state index contributed by atoms with van der Waals surface area (Å²) >= 11 is 1.66. The van der Waals surface area contributed by atoms with Crippen molar-refractivity contribution in [3.8, 4) is 10.4 Å². The first kappa shape index (κ1) is 17.0. The van der Waals surface area contributed by atoms with Crippen molar-refractivity contribution < 1.29 is 8.42 Å². The molecule has 0 aliphatic heterocycles. The Balaban J connectivity index is 1.94. The lowest BCUT2D eigenvalue weighted by atomic mass is 10.1. The van der Waals surface area contributed by atoms with Crippen molar-refractivity contribution >= 4 is 32.3 Å². The van der Waals surface area contributed by atoms with E-state index in [1.165, 1.54) is 3.97 Å². The number of benzene rings is 2. The first-order valence-electron chi connectivity index (χ1n) is 8.30. The third kappa shape index (κ3) is 2.86. The maximum Gasteiger partial charge on any atom is 0.268 e. The fourth-order valence-electron chi connectivity index (χ4n) is 3.12. The highest BCUT2D eigenvalue weighted by Gasteiger charge is 2.21. The van der Waals surface area contributed by atoms with E-state index in [1.807, 2.05) is 23.6 Å². The first-order valence-corrected chi connectivity index (χ1v) is 10.6. The molecule has 4 rings (SSSR count). The predicted molar refractivity (Wildman–Crippen MR) is 107 cm³/mol. The second kappa shape index (κ2) is 6.72. The molecule has 0 fully saturated rings. The Hall–Kier alpha value is -2.41. The van der Waals surface area contributed by atoms with Crippen molar-refractivity contribution in [3.05, 3.63) is 77.8 Å². The van der Waals surface area contributed by atoms with Gasteiger partial charge in [-0.2, -0.15) is 0 Å². The molecule has 132 valence electrons. The maximum absolute atomic E-state index is 13.1. The van der Waals surface area contributed by atoms with E-state index in [1.54, 1.807) is 47.9 Å². The number of aromatic nitrogens is 1. The number of nitrogens with zero attached hydrogens (tertiary/aromatic N) is 1. The molecule has 4 aromatic rings. The third-order valence-electron chi connectivity index (χ3n) is 4.37. The monoisotopic (exact) mass is 382 g/mol. The molecule has 2 N–H and O–H groups in total. The van der Waals surface area contributed by atoms with Crippen LogP contribution in [0.1, 0.15) is 5.56 Å².